The Morgan fingerprint density at radius 1 is 1.20 bits per heavy atom. The zero-order valence-electron chi connectivity index (χ0n) is 13.4. The summed E-state index contributed by atoms with van der Waals surface area (Å²) in [6, 6.07) is 9.35. The minimum Gasteiger partial charge on any atom is -0.491 e. The number of rotatable bonds is 7. The lowest BCUT2D eigenvalue weighted by Gasteiger charge is -2.13. The van der Waals surface area contributed by atoms with E-state index < -0.39 is 16.8 Å². The van der Waals surface area contributed by atoms with Gasteiger partial charge in [-0.05, 0) is 30.7 Å². The lowest BCUT2D eigenvalue weighted by Crippen LogP contribution is -2.14. The molecule has 0 aliphatic rings. The van der Waals surface area contributed by atoms with Crippen LogP contribution in [0, 0.1) is 10.1 Å². The minimum atomic E-state index is -1.15. The molecule has 2 N–H and O–H groups in total. The van der Waals surface area contributed by atoms with Gasteiger partial charge in [-0.25, -0.2) is 4.79 Å². The van der Waals surface area contributed by atoms with E-state index in [0.717, 1.165) is 12.5 Å². The number of carboxylic acids is 1. The molecule has 0 spiro atoms. The summed E-state index contributed by atoms with van der Waals surface area (Å²) in [5.74, 6) is -1.42. The number of aromatic carboxylic acids is 1. The molecule has 0 aliphatic heterocycles. The lowest BCUT2D eigenvalue weighted by atomic mass is 10.1. The van der Waals surface area contributed by atoms with Gasteiger partial charge >= 0.3 is 5.97 Å². The molecule has 0 heterocycles. The Morgan fingerprint density at radius 3 is 2.60 bits per heavy atom. The van der Waals surface area contributed by atoms with Gasteiger partial charge in [-0.2, -0.15) is 0 Å². The Labute approximate surface area is 143 Å². The number of hydrogen-bond acceptors (Lipinski definition) is 5. The van der Waals surface area contributed by atoms with Gasteiger partial charge in [-0.1, -0.05) is 13.0 Å². The molecule has 2 aromatic carbocycles. The standard InChI is InChI=1S/C17H16N2O6/c1-2-8-25-15-7-6-12(17(21)22)10-14(15)18-16(20)11-4-3-5-13(9-11)19(23)24/h3-7,9-10H,2,8H2,1H3,(H,18,20)(H,21,22). The maximum Gasteiger partial charge on any atom is 0.335 e. The molecule has 0 bridgehead atoms. The van der Waals surface area contributed by atoms with Crippen LogP contribution in [0.4, 0.5) is 11.4 Å². The highest BCUT2D eigenvalue weighted by atomic mass is 16.6. The molecule has 0 atom stereocenters. The van der Waals surface area contributed by atoms with Crippen LogP contribution in [0.5, 0.6) is 5.75 Å². The Bertz CT molecular complexity index is 819. The molecule has 8 heteroatoms. The Hall–Kier alpha value is -3.42. The molecule has 0 fully saturated rings. The van der Waals surface area contributed by atoms with Crippen molar-refractivity contribution < 1.29 is 24.4 Å². The fourth-order valence-corrected chi connectivity index (χ4v) is 2.05. The molecule has 0 radical (unpaired) electrons. The fraction of sp³-hybridized carbons (Fsp3) is 0.176. The first-order chi connectivity index (χ1) is 11.9. The molecule has 2 rings (SSSR count). The van der Waals surface area contributed by atoms with Crippen molar-refractivity contribution >= 4 is 23.3 Å². The molecule has 2 aromatic rings. The number of hydrogen-bond donors (Lipinski definition) is 2. The largest absolute Gasteiger partial charge is 0.491 e. The maximum atomic E-state index is 12.4. The number of amides is 1. The van der Waals surface area contributed by atoms with E-state index in [-0.39, 0.29) is 22.5 Å². The van der Waals surface area contributed by atoms with Gasteiger partial charge in [0.1, 0.15) is 5.75 Å². The van der Waals surface area contributed by atoms with Crippen LogP contribution in [0.15, 0.2) is 42.5 Å². The van der Waals surface area contributed by atoms with E-state index in [1.165, 1.54) is 36.4 Å². The monoisotopic (exact) mass is 344 g/mol. The summed E-state index contributed by atoms with van der Waals surface area (Å²) in [5.41, 5.74) is 0.0359. The first kappa shape index (κ1) is 17.9. The van der Waals surface area contributed by atoms with E-state index in [4.69, 9.17) is 9.84 Å². The molecule has 0 saturated carbocycles. The molecule has 8 nitrogen and oxygen atoms in total. The Kier molecular flexibility index (Phi) is 5.67. The Morgan fingerprint density at radius 2 is 1.96 bits per heavy atom. The second-order valence-electron chi connectivity index (χ2n) is 5.13. The highest BCUT2D eigenvalue weighted by Gasteiger charge is 2.15. The van der Waals surface area contributed by atoms with Gasteiger partial charge in [0.15, 0.2) is 0 Å². The van der Waals surface area contributed by atoms with Gasteiger partial charge in [-0.15, -0.1) is 0 Å². The predicted octanol–water partition coefficient (Wildman–Crippen LogP) is 3.33. The highest BCUT2D eigenvalue weighted by molar-refractivity contribution is 6.06. The number of benzene rings is 2. The number of ether oxygens (including phenoxy) is 1. The molecule has 25 heavy (non-hydrogen) atoms. The number of nitrogens with zero attached hydrogens (tertiary/aromatic N) is 1. The van der Waals surface area contributed by atoms with Crippen LogP contribution in [0.3, 0.4) is 0 Å². The van der Waals surface area contributed by atoms with E-state index in [0.29, 0.717) is 12.4 Å². The number of nitro groups is 1. The quantitative estimate of drug-likeness (QED) is 0.587. The van der Waals surface area contributed by atoms with E-state index in [1.54, 1.807) is 0 Å². The number of carboxylic acid groups (broad SMARTS) is 1. The number of nitrogens with one attached hydrogen (secondary N) is 1. The van der Waals surface area contributed by atoms with Crippen molar-refractivity contribution in [2.45, 2.75) is 13.3 Å². The third-order valence-corrected chi connectivity index (χ3v) is 3.26. The van der Waals surface area contributed by atoms with Crippen molar-refractivity contribution in [3.05, 3.63) is 63.7 Å². The lowest BCUT2D eigenvalue weighted by molar-refractivity contribution is -0.384. The van der Waals surface area contributed by atoms with Crippen molar-refractivity contribution in [2.24, 2.45) is 0 Å². The maximum absolute atomic E-state index is 12.4. The number of anilines is 1. The molecule has 1 amide bonds. The van der Waals surface area contributed by atoms with Gasteiger partial charge in [0.05, 0.1) is 22.8 Å². The zero-order valence-corrected chi connectivity index (χ0v) is 13.4. The van der Waals surface area contributed by atoms with E-state index in [9.17, 15) is 19.7 Å². The molecular formula is C17H16N2O6. The first-order valence-electron chi connectivity index (χ1n) is 7.48. The van der Waals surface area contributed by atoms with Crippen LogP contribution in [0.25, 0.3) is 0 Å². The second-order valence-corrected chi connectivity index (χ2v) is 5.13. The van der Waals surface area contributed by atoms with Crippen LogP contribution < -0.4 is 10.1 Å². The van der Waals surface area contributed by atoms with Crippen LogP contribution >= 0.6 is 0 Å². The van der Waals surface area contributed by atoms with Crippen LogP contribution in [0.1, 0.15) is 34.1 Å². The zero-order chi connectivity index (χ0) is 18.4. The van der Waals surface area contributed by atoms with Gasteiger partial charge in [-0.3, -0.25) is 14.9 Å². The van der Waals surface area contributed by atoms with Crippen molar-refractivity contribution in [2.75, 3.05) is 11.9 Å². The van der Waals surface area contributed by atoms with E-state index >= 15 is 0 Å². The molecule has 0 saturated heterocycles. The highest BCUT2D eigenvalue weighted by Crippen LogP contribution is 2.27. The van der Waals surface area contributed by atoms with E-state index in [2.05, 4.69) is 5.32 Å². The average Bonchev–Trinajstić information content (AvgIpc) is 2.60. The van der Waals surface area contributed by atoms with Crippen LogP contribution in [-0.4, -0.2) is 28.5 Å². The van der Waals surface area contributed by atoms with Gasteiger partial charge in [0.2, 0.25) is 0 Å². The van der Waals surface area contributed by atoms with Crippen LogP contribution in [0.2, 0.25) is 0 Å². The third-order valence-electron chi connectivity index (χ3n) is 3.26. The fourth-order valence-electron chi connectivity index (χ4n) is 2.05. The average molecular weight is 344 g/mol. The number of carbonyl (C=O) groups is 2. The molecule has 0 aromatic heterocycles. The topological polar surface area (TPSA) is 119 Å². The smallest absolute Gasteiger partial charge is 0.335 e. The third kappa shape index (κ3) is 4.54. The van der Waals surface area contributed by atoms with Gasteiger partial charge in [0, 0.05) is 17.7 Å². The number of non-ortho nitro benzene ring substituents is 1. The first-order valence-corrected chi connectivity index (χ1v) is 7.48. The minimum absolute atomic E-state index is 0.0156. The summed E-state index contributed by atoms with van der Waals surface area (Å²) in [7, 11) is 0. The van der Waals surface area contributed by atoms with Crippen molar-refractivity contribution in [1.29, 1.82) is 0 Å². The number of carbonyl (C=O) groups excluding carboxylic acids is 1. The summed E-state index contributed by atoms with van der Waals surface area (Å²) in [6.45, 7) is 2.30. The molecule has 0 unspecified atom stereocenters. The summed E-state index contributed by atoms with van der Waals surface area (Å²) < 4.78 is 5.50. The van der Waals surface area contributed by atoms with Gasteiger partial charge < -0.3 is 15.2 Å². The number of nitro benzene ring substituents is 1. The van der Waals surface area contributed by atoms with Crippen LogP contribution in [-0.2, 0) is 0 Å². The summed E-state index contributed by atoms with van der Waals surface area (Å²) >= 11 is 0. The van der Waals surface area contributed by atoms with Crippen molar-refractivity contribution in [3.8, 4) is 5.75 Å². The van der Waals surface area contributed by atoms with Crippen molar-refractivity contribution in [3.63, 3.8) is 0 Å². The Balaban J connectivity index is 2.31. The summed E-state index contributed by atoms with van der Waals surface area (Å²) in [6.07, 6.45) is 0.735. The van der Waals surface area contributed by atoms with Gasteiger partial charge in [0.25, 0.3) is 11.6 Å². The van der Waals surface area contributed by atoms with Crippen molar-refractivity contribution in [1.82, 2.24) is 0 Å². The summed E-state index contributed by atoms with van der Waals surface area (Å²) in [5, 5.41) is 22.5. The predicted molar refractivity (Wildman–Crippen MR) is 90.2 cm³/mol. The molecule has 0 aliphatic carbocycles. The molecular weight excluding hydrogens is 328 g/mol. The van der Waals surface area contributed by atoms with E-state index in [1.807, 2.05) is 6.92 Å². The second kappa shape index (κ2) is 7.91. The molecule has 130 valence electrons. The SMILES string of the molecule is CCCOc1ccc(C(=O)O)cc1NC(=O)c1cccc([N+](=O)[O-])c1. The summed E-state index contributed by atoms with van der Waals surface area (Å²) in [4.78, 5) is 33.7. The normalized spacial score (nSPS) is 10.1.